The molecule has 1 atom stereocenters. The summed E-state index contributed by atoms with van der Waals surface area (Å²) in [6, 6.07) is 0.265. The molecule has 2 heterocycles. The van der Waals surface area contributed by atoms with Crippen LogP contribution in [-0.4, -0.2) is 38.9 Å². The summed E-state index contributed by atoms with van der Waals surface area (Å²) in [6.45, 7) is 4.63. The van der Waals surface area contributed by atoms with E-state index in [0.717, 1.165) is 12.8 Å². The topological polar surface area (TPSA) is 88.9 Å². The highest BCUT2D eigenvalue weighted by Crippen LogP contribution is 2.20. The van der Waals surface area contributed by atoms with Gasteiger partial charge in [0.2, 0.25) is 0 Å². The maximum Gasteiger partial charge on any atom is 0.274 e. The van der Waals surface area contributed by atoms with Crippen molar-refractivity contribution < 1.29 is 9.59 Å². The summed E-state index contributed by atoms with van der Waals surface area (Å²) in [5.41, 5.74) is 0.404. The lowest BCUT2D eigenvalue weighted by Crippen LogP contribution is -2.48. The number of amides is 2. The first-order valence-electron chi connectivity index (χ1n) is 6.61. The Balaban J connectivity index is 1.86. The molecule has 1 aromatic rings. The van der Waals surface area contributed by atoms with E-state index in [1.807, 2.05) is 13.8 Å². The fourth-order valence-corrected chi connectivity index (χ4v) is 2.15. The molecular weight excluding hydrogens is 246 g/mol. The lowest BCUT2D eigenvalue weighted by molar-refractivity contribution is 0.0861. The van der Waals surface area contributed by atoms with Crippen molar-refractivity contribution >= 4 is 11.8 Å². The zero-order valence-corrected chi connectivity index (χ0v) is 11.0. The van der Waals surface area contributed by atoms with E-state index < -0.39 is 0 Å². The third-order valence-electron chi connectivity index (χ3n) is 3.57. The standard InChI is InChI=1S/C12H17N5O2/c1-6(2)8-5-17-10(12(19)14-8)9(15-16-17)11(18)13-7-3-4-7/h6-8H,3-5H2,1-2H3,(H,13,18)(H,14,19)/t8-/m1/s1. The van der Waals surface area contributed by atoms with Crippen LogP contribution in [0.5, 0.6) is 0 Å². The van der Waals surface area contributed by atoms with Crippen LogP contribution in [0, 0.1) is 5.92 Å². The molecule has 1 aliphatic heterocycles. The van der Waals surface area contributed by atoms with Crippen molar-refractivity contribution in [3.8, 4) is 0 Å². The number of hydrogen-bond acceptors (Lipinski definition) is 4. The maximum atomic E-state index is 12.1. The van der Waals surface area contributed by atoms with Gasteiger partial charge in [-0.05, 0) is 18.8 Å². The SMILES string of the molecule is CC(C)[C@H]1Cn2nnc(C(=O)NC3CC3)c2C(=O)N1. The van der Waals surface area contributed by atoms with Crippen LogP contribution in [0.2, 0.25) is 0 Å². The summed E-state index contributed by atoms with van der Waals surface area (Å²) >= 11 is 0. The van der Waals surface area contributed by atoms with Crippen molar-refractivity contribution in [1.29, 1.82) is 0 Å². The van der Waals surface area contributed by atoms with Crippen molar-refractivity contribution in [2.45, 2.75) is 45.3 Å². The van der Waals surface area contributed by atoms with E-state index in [2.05, 4.69) is 20.9 Å². The van der Waals surface area contributed by atoms with Gasteiger partial charge in [-0.2, -0.15) is 0 Å². The van der Waals surface area contributed by atoms with Gasteiger partial charge >= 0.3 is 0 Å². The van der Waals surface area contributed by atoms with Crippen molar-refractivity contribution in [2.75, 3.05) is 0 Å². The molecule has 0 saturated heterocycles. The Labute approximate surface area is 110 Å². The molecule has 0 aromatic carbocycles. The molecule has 7 heteroatoms. The Morgan fingerprint density at radius 3 is 2.84 bits per heavy atom. The maximum absolute atomic E-state index is 12.1. The molecule has 102 valence electrons. The Hall–Kier alpha value is -1.92. The van der Waals surface area contributed by atoms with Gasteiger partial charge in [0.15, 0.2) is 11.4 Å². The second-order valence-electron chi connectivity index (χ2n) is 5.54. The normalized spacial score (nSPS) is 22.1. The number of aromatic nitrogens is 3. The summed E-state index contributed by atoms with van der Waals surface area (Å²) in [7, 11) is 0. The van der Waals surface area contributed by atoms with Gasteiger partial charge in [-0.1, -0.05) is 19.1 Å². The first-order chi connectivity index (χ1) is 9.06. The van der Waals surface area contributed by atoms with Gasteiger partial charge in [0.25, 0.3) is 11.8 Å². The first kappa shape index (κ1) is 12.1. The summed E-state index contributed by atoms with van der Waals surface area (Å²) in [4.78, 5) is 24.1. The average molecular weight is 263 g/mol. The predicted octanol–water partition coefficient (Wildman–Crippen LogP) is -0.0617. The Bertz CT molecular complexity index is 532. The van der Waals surface area contributed by atoms with Crippen LogP contribution in [0.25, 0.3) is 0 Å². The lowest BCUT2D eigenvalue weighted by atomic mass is 10.0. The molecule has 0 unspecified atom stereocenters. The van der Waals surface area contributed by atoms with Crippen LogP contribution in [0.15, 0.2) is 0 Å². The first-order valence-corrected chi connectivity index (χ1v) is 6.61. The van der Waals surface area contributed by atoms with E-state index in [1.54, 1.807) is 0 Å². The Kier molecular flexibility index (Phi) is 2.76. The lowest BCUT2D eigenvalue weighted by Gasteiger charge is -2.27. The van der Waals surface area contributed by atoms with Crippen LogP contribution in [0.3, 0.4) is 0 Å². The second kappa shape index (κ2) is 4.32. The zero-order chi connectivity index (χ0) is 13.6. The average Bonchev–Trinajstić information content (AvgIpc) is 3.05. The highest BCUT2D eigenvalue weighted by Gasteiger charge is 2.34. The van der Waals surface area contributed by atoms with Crippen LogP contribution >= 0.6 is 0 Å². The van der Waals surface area contributed by atoms with Gasteiger partial charge in [-0.3, -0.25) is 9.59 Å². The fourth-order valence-electron chi connectivity index (χ4n) is 2.15. The molecule has 2 N–H and O–H groups in total. The molecule has 0 spiro atoms. The number of hydrogen-bond donors (Lipinski definition) is 2. The fraction of sp³-hybridized carbons (Fsp3) is 0.667. The number of carbonyl (C=O) groups excluding carboxylic acids is 2. The number of fused-ring (bicyclic) bond motifs is 1. The van der Waals surface area contributed by atoms with Crippen molar-refractivity contribution in [3.63, 3.8) is 0 Å². The molecule has 2 amide bonds. The van der Waals surface area contributed by atoms with E-state index >= 15 is 0 Å². The van der Waals surface area contributed by atoms with Crippen LogP contribution in [0.1, 0.15) is 47.7 Å². The minimum atomic E-state index is -0.304. The minimum Gasteiger partial charge on any atom is -0.348 e. The monoisotopic (exact) mass is 263 g/mol. The molecular formula is C12H17N5O2. The van der Waals surface area contributed by atoms with Gasteiger partial charge in [0.05, 0.1) is 12.6 Å². The smallest absolute Gasteiger partial charge is 0.274 e. The van der Waals surface area contributed by atoms with Gasteiger partial charge in [-0.25, -0.2) is 4.68 Å². The number of nitrogens with one attached hydrogen (secondary N) is 2. The van der Waals surface area contributed by atoms with E-state index in [9.17, 15) is 9.59 Å². The third-order valence-corrected chi connectivity index (χ3v) is 3.57. The quantitative estimate of drug-likeness (QED) is 0.799. The summed E-state index contributed by atoms with van der Waals surface area (Å²) in [5, 5.41) is 13.5. The van der Waals surface area contributed by atoms with E-state index in [0.29, 0.717) is 12.5 Å². The molecule has 3 rings (SSSR count). The van der Waals surface area contributed by atoms with E-state index in [1.165, 1.54) is 4.68 Å². The van der Waals surface area contributed by atoms with Gasteiger partial charge in [0, 0.05) is 6.04 Å². The van der Waals surface area contributed by atoms with Crippen molar-refractivity contribution in [2.24, 2.45) is 5.92 Å². The second-order valence-corrected chi connectivity index (χ2v) is 5.54. The van der Waals surface area contributed by atoms with Crippen LogP contribution < -0.4 is 10.6 Å². The molecule has 1 aromatic heterocycles. The molecule has 0 bridgehead atoms. The minimum absolute atomic E-state index is 0.0287. The summed E-state index contributed by atoms with van der Waals surface area (Å²) in [6.07, 6.45) is 1.99. The Morgan fingerprint density at radius 1 is 1.47 bits per heavy atom. The van der Waals surface area contributed by atoms with E-state index in [4.69, 9.17) is 0 Å². The van der Waals surface area contributed by atoms with E-state index in [-0.39, 0.29) is 35.3 Å². The van der Waals surface area contributed by atoms with Gasteiger partial charge < -0.3 is 10.6 Å². The van der Waals surface area contributed by atoms with Crippen LogP contribution in [0.4, 0.5) is 0 Å². The van der Waals surface area contributed by atoms with Crippen molar-refractivity contribution in [1.82, 2.24) is 25.6 Å². The highest BCUT2D eigenvalue weighted by molar-refractivity contribution is 6.05. The molecule has 0 radical (unpaired) electrons. The zero-order valence-electron chi connectivity index (χ0n) is 11.0. The van der Waals surface area contributed by atoms with Crippen molar-refractivity contribution in [3.05, 3.63) is 11.4 Å². The third kappa shape index (κ3) is 2.20. The molecule has 1 fully saturated rings. The molecule has 1 saturated carbocycles. The van der Waals surface area contributed by atoms with Gasteiger partial charge in [-0.15, -0.1) is 5.10 Å². The molecule has 7 nitrogen and oxygen atoms in total. The largest absolute Gasteiger partial charge is 0.348 e. The van der Waals surface area contributed by atoms with Crippen LogP contribution in [-0.2, 0) is 6.54 Å². The summed E-state index contributed by atoms with van der Waals surface area (Å²) < 4.78 is 1.53. The number of carbonyl (C=O) groups is 2. The molecule has 2 aliphatic rings. The highest BCUT2D eigenvalue weighted by atomic mass is 16.2. The number of nitrogens with zero attached hydrogens (tertiary/aromatic N) is 3. The summed E-state index contributed by atoms with van der Waals surface area (Å²) in [5.74, 6) is -0.261. The molecule has 1 aliphatic carbocycles. The van der Waals surface area contributed by atoms with Gasteiger partial charge in [0.1, 0.15) is 0 Å². The number of rotatable bonds is 3. The Morgan fingerprint density at radius 2 is 2.21 bits per heavy atom. The predicted molar refractivity (Wildman–Crippen MR) is 66.6 cm³/mol. The molecule has 19 heavy (non-hydrogen) atoms.